The molecule has 12 nitrogen and oxygen atoms in total. The van der Waals surface area contributed by atoms with Crippen LogP contribution in [-0.2, 0) is 28.6 Å². The highest BCUT2D eigenvalue weighted by molar-refractivity contribution is 6.25. The van der Waals surface area contributed by atoms with E-state index < -0.39 is 53.9 Å². The lowest BCUT2D eigenvalue weighted by atomic mass is 9.84. The number of methoxy groups -OCH3 is 2. The molecule has 1 aliphatic heterocycles. The van der Waals surface area contributed by atoms with Gasteiger partial charge in [0, 0.05) is 44.4 Å². The van der Waals surface area contributed by atoms with Crippen LogP contribution in [0.3, 0.4) is 0 Å². The Bertz CT molecular complexity index is 1280. The third kappa shape index (κ3) is 10.1. The van der Waals surface area contributed by atoms with E-state index >= 15 is 0 Å². The molecule has 0 radical (unpaired) electrons. The van der Waals surface area contributed by atoms with Crippen LogP contribution in [0.25, 0.3) is 0 Å². The Morgan fingerprint density at radius 3 is 2.22 bits per heavy atom. The van der Waals surface area contributed by atoms with Crippen molar-refractivity contribution in [2.75, 3.05) is 27.3 Å². The van der Waals surface area contributed by atoms with Crippen molar-refractivity contribution in [3.8, 4) is 0 Å². The van der Waals surface area contributed by atoms with E-state index in [4.69, 9.17) is 19.9 Å². The number of carbonyl (C=O) groups is 4. The summed E-state index contributed by atoms with van der Waals surface area (Å²) in [6.07, 6.45) is 4.16. The summed E-state index contributed by atoms with van der Waals surface area (Å²) in [5, 5.41) is 20.3. The van der Waals surface area contributed by atoms with Gasteiger partial charge in [-0.05, 0) is 51.0 Å². The summed E-state index contributed by atoms with van der Waals surface area (Å²) in [6.45, 7) is 11.8. The number of carbonyl (C=O) groups excluding carboxylic acids is 4. The third-order valence-corrected chi connectivity index (χ3v) is 8.05. The number of ether oxygens (including phenoxy) is 3. The van der Waals surface area contributed by atoms with Crippen LogP contribution in [0.5, 0.6) is 0 Å². The number of hydrogen-bond acceptors (Lipinski definition) is 10. The SMILES string of the molecule is CCCNC1=C2C[C@@H](C)C[C@H](OC)[C@H](O)[C@@H](C)/C=C(\C)[C@H](OC(N)=O)[C@@H](OC)/C=C\C=C(/C)C(=O)NC(=C(NCCC)C1=O)C2=O. The van der Waals surface area contributed by atoms with Crippen molar-refractivity contribution in [1.82, 2.24) is 16.0 Å². The molecule has 0 aromatic rings. The van der Waals surface area contributed by atoms with Gasteiger partial charge in [0.2, 0.25) is 11.6 Å². The monoisotopic (exact) mass is 644 g/mol. The van der Waals surface area contributed by atoms with E-state index in [1.807, 2.05) is 27.7 Å². The smallest absolute Gasteiger partial charge is 0.405 e. The van der Waals surface area contributed by atoms with Gasteiger partial charge < -0.3 is 41.0 Å². The maximum Gasteiger partial charge on any atom is 0.405 e. The molecule has 256 valence electrons. The molecule has 46 heavy (non-hydrogen) atoms. The second kappa shape index (κ2) is 18.4. The van der Waals surface area contributed by atoms with E-state index in [9.17, 15) is 24.3 Å². The third-order valence-electron chi connectivity index (χ3n) is 8.05. The molecule has 0 spiro atoms. The number of hydrogen-bond donors (Lipinski definition) is 5. The number of rotatable bonds is 9. The number of nitrogens with two attached hydrogens (primary N) is 1. The van der Waals surface area contributed by atoms with Gasteiger partial charge in [0.1, 0.15) is 17.5 Å². The summed E-state index contributed by atoms with van der Waals surface area (Å²) in [7, 11) is 2.95. The molecule has 0 fully saturated rings. The molecule has 0 unspecified atom stereocenters. The molecular formula is C34H52N4O8. The van der Waals surface area contributed by atoms with Gasteiger partial charge in [0.25, 0.3) is 5.91 Å². The number of aliphatic hydroxyl groups excluding tert-OH is 1. The first-order chi connectivity index (χ1) is 21.8. The van der Waals surface area contributed by atoms with Crippen molar-refractivity contribution in [2.45, 2.75) is 91.6 Å². The van der Waals surface area contributed by atoms with Gasteiger partial charge in [-0.15, -0.1) is 0 Å². The van der Waals surface area contributed by atoms with Crippen LogP contribution in [0.2, 0.25) is 0 Å². The van der Waals surface area contributed by atoms with E-state index in [1.54, 1.807) is 32.1 Å². The average molecular weight is 645 g/mol. The Morgan fingerprint density at radius 1 is 1.02 bits per heavy atom. The Labute approximate surface area is 272 Å². The van der Waals surface area contributed by atoms with Crippen LogP contribution in [0, 0.1) is 11.8 Å². The first-order valence-electron chi connectivity index (χ1n) is 15.9. The van der Waals surface area contributed by atoms with Crippen LogP contribution >= 0.6 is 0 Å². The second-order valence-electron chi connectivity index (χ2n) is 11.9. The molecule has 0 saturated heterocycles. The fourth-order valence-corrected chi connectivity index (χ4v) is 5.52. The van der Waals surface area contributed by atoms with Gasteiger partial charge in [0.05, 0.1) is 17.9 Å². The highest BCUT2D eigenvalue weighted by atomic mass is 16.6. The second-order valence-corrected chi connectivity index (χ2v) is 11.9. The normalized spacial score (nSPS) is 30.2. The Balaban J connectivity index is 2.74. The quantitative estimate of drug-likeness (QED) is 0.185. The number of amides is 2. The van der Waals surface area contributed by atoms with E-state index in [-0.39, 0.29) is 40.6 Å². The molecule has 0 saturated carbocycles. The first kappa shape index (κ1) is 38.4. The zero-order chi connectivity index (χ0) is 34.6. The topological polar surface area (TPSA) is 178 Å². The van der Waals surface area contributed by atoms with E-state index in [1.165, 1.54) is 20.3 Å². The maximum atomic E-state index is 14.1. The summed E-state index contributed by atoms with van der Waals surface area (Å²) in [4.78, 5) is 53.2. The molecule has 1 aliphatic carbocycles. The number of fused-ring (bicyclic) bond motifs is 2. The van der Waals surface area contributed by atoms with Crippen LogP contribution < -0.4 is 21.7 Å². The minimum atomic E-state index is -0.998. The highest BCUT2D eigenvalue weighted by Gasteiger charge is 2.37. The lowest BCUT2D eigenvalue weighted by molar-refractivity contribution is -0.120. The molecule has 2 aliphatic rings. The maximum absolute atomic E-state index is 14.1. The Hall–Kier alpha value is -3.74. The molecular weight excluding hydrogens is 592 g/mol. The number of primary amides is 1. The molecule has 12 heteroatoms. The molecule has 0 aromatic heterocycles. The van der Waals surface area contributed by atoms with E-state index in [0.29, 0.717) is 31.5 Å². The van der Waals surface area contributed by atoms with Crippen molar-refractivity contribution >= 4 is 23.6 Å². The number of allylic oxidation sites excluding steroid dienone is 3. The Morgan fingerprint density at radius 2 is 1.65 bits per heavy atom. The van der Waals surface area contributed by atoms with Crippen molar-refractivity contribution in [3.05, 3.63) is 58.1 Å². The summed E-state index contributed by atoms with van der Waals surface area (Å²) >= 11 is 0. The summed E-state index contributed by atoms with van der Waals surface area (Å²) in [5.74, 6) is -2.07. The van der Waals surface area contributed by atoms with Crippen molar-refractivity contribution in [1.29, 1.82) is 0 Å². The summed E-state index contributed by atoms with van der Waals surface area (Å²) in [6, 6.07) is 0. The van der Waals surface area contributed by atoms with Crippen molar-refractivity contribution in [3.63, 3.8) is 0 Å². The summed E-state index contributed by atoms with van der Waals surface area (Å²) in [5.41, 5.74) is 6.63. The lowest BCUT2D eigenvalue weighted by Gasteiger charge is -2.30. The largest absolute Gasteiger partial charge is 0.439 e. The van der Waals surface area contributed by atoms with Gasteiger partial charge in [-0.1, -0.05) is 52.0 Å². The molecule has 2 bridgehead atoms. The average Bonchev–Trinajstić information content (AvgIpc) is 3.01. The standard InChI is InChI=1S/C34H52N4O8/c1-9-14-36-26-23-16-19(3)17-25(45-8)29(39)21(5)18-22(6)32(46-34(35)43)24(44-7)13-11-12-20(4)33(42)38-28(30(23)40)27(31(26)41)37-15-10-2/h11-13,18-19,21,24-25,29,32,36-37,39H,9-10,14-17H2,1-8H3,(H2,35,43)(H,38,42)/b13-11-,20-12+,22-18+/t19-,21+,24+,25+,29-,32+/m1/s1. The van der Waals surface area contributed by atoms with E-state index in [0.717, 1.165) is 6.42 Å². The zero-order valence-electron chi connectivity index (χ0n) is 28.4. The number of nitrogens with one attached hydrogen (secondary N) is 3. The number of ketones is 2. The van der Waals surface area contributed by atoms with Gasteiger partial charge in [-0.3, -0.25) is 14.4 Å². The number of Topliss-reactive ketones (excluding diaryl/α,β-unsaturated/α-hetero) is 2. The van der Waals surface area contributed by atoms with Gasteiger partial charge in [0.15, 0.2) is 6.10 Å². The van der Waals surface area contributed by atoms with Gasteiger partial charge in [-0.2, -0.15) is 0 Å². The molecule has 2 rings (SSSR count). The van der Waals surface area contributed by atoms with E-state index in [2.05, 4.69) is 16.0 Å². The van der Waals surface area contributed by atoms with Gasteiger partial charge >= 0.3 is 6.09 Å². The molecule has 1 heterocycles. The predicted octanol–water partition coefficient (Wildman–Crippen LogP) is 3.09. The molecule has 6 atom stereocenters. The predicted molar refractivity (Wildman–Crippen MR) is 175 cm³/mol. The van der Waals surface area contributed by atoms with Crippen LogP contribution in [0.15, 0.2) is 58.1 Å². The summed E-state index contributed by atoms with van der Waals surface area (Å²) < 4.78 is 16.7. The Kier molecular flexibility index (Phi) is 15.4. The minimum absolute atomic E-state index is 0.0379. The zero-order valence-corrected chi connectivity index (χ0v) is 28.4. The fraction of sp³-hybridized carbons (Fsp3) is 0.588. The highest BCUT2D eigenvalue weighted by Crippen LogP contribution is 2.30. The number of aliphatic hydroxyl groups is 1. The minimum Gasteiger partial charge on any atom is -0.439 e. The molecule has 2 amide bonds. The lowest BCUT2D eigenvalue weighted by Crippen LogP contribution is -2.43. The van der Waals surface area contributed by atoms with Crippen LogP contribution in [0.1, 0.15) is 67.2 Å². The van der Waals surface area contributed by atoms with Crippen LogP contribution in [-0.4, -0.2) is 80.4 Å². The molecule has 6 N–H and O–H groups in total. The van der Waals surface area contributed by atoms with Crippen LogP contribution in [0.4, 0.5) is 4.79 Å². The van der Waals surface area contributed by atoms with Crippen molar-refractivity contribution < 1.29 is 38.5 Å². The first-order valence-corrected chi connectivity index (χ1v) is 15.9. The van der Waals surface area contributed by atoms with Gasteiger partial charge in [-0.25, -0.2) is 4.79 Å². The van der Waals surface area contributed by atoms with Crippen molar-refractivity contribution in [2.24, 2.45) is 17.6 Å². The fourth-order valence-electron chi connectivity index (χ4n) is 5.52. The molecule has 0 aromatic carbocycles.